The number of anilines is 1. The van der Waals surface area contributed by atoms with E-state index in [9.17, 15) is 9.59 Å². The highest BCUT2D eigenvalue weighted by Gasteiger charge is 2.07. The quantitative estimate of drug-likeness (QED) is 0.561. The van der Waals surface area contributed by atoms with Crippen molar-refractivity contribution >= 4 is 40.0 Å². The Morgan fingerprint density at radius 3 is 2.54 bits per heavy atom. The van der Waals surface area contributed by atoms with Crippen molar-refractivity contribution in [2.24, 2.45) is 0 Å². The topological polar surface area (TPSA) is 59.1 Å². The molecule has 0 aliphatic carbocycles. The number of carbonyl (C=O) groups excluding carboxylic acids is 2. The summed E-state index contributed by atoms with van der Waals surface area (Å²) >= 11 is 1.46. The molecule has 3 aromatic rings. The van der Waals surface area contributed by atoms with E-state index in [0.29, 0.717) is 17.0 Å². The van der Waals surface area contributed by atoms with Gasteiger partial charge in [0.05, 0.1) is 11.3 Å². The Morgan fingerprint density at radius 1 is 1.04 bits per heavy atom. The molecule has 1 amide bonds. The van der Waals surface area contributed by atoms with Crippen LogP contribution in [0.4, 0.5) is 5.69 Å². The number of para-hydroxylation sites is 1. The Bertz CT molecular complexity index is 886. The fraction of sp³-hybridized carbons (Fsp3) is 0.105. The summed E-state index contributed by atoms with van der Waals surface area (Å²) in [5, 5.41) is 3.89. The highest BCUT2D eigenvalue weighted by Crippen LogP contribution is 2.26. The van der Waals surface area contributed by atoms with Gasteiger partial charge in [-0.05, 0) is 43.3 Å². The molecule has 120 valence electrons. The van der Waals surface area contributed by atoms with Crippen molar-refractivity contribution < 1.29 is 9.59 Å². The molecule has 1 aromatic heterocycles. The molecule has 0 unspecified atom stereocenters. The van der Waals surface area contributed by atoms with Crippen molar-refractivity contribution in [1.82, 2.24) is 4.98 Å². The van der Waals surface area contributed by atoms with Crippen LogP contribution in [0.5, 0.6) is 0 Å². The number of pyridine rings is 1. The van der Waals surface area contributed by atoms with E-state index in [2.05, 4.69) is 10.3 Å². The smallest absolute Gasteiger partial charge is 0.234 e. The number of ketones is 1. The average molecular weight is 336 g/mol. The summed E-state index contributed by atoms with van der Waals surface area (Å²) in [6, 6.07) is 16.7. The van der Waals surface area contributed by atoms with Gasteiger partial charge in [-0.15, -0.1) is 11.8 Å². The first-order chi connectivity index (χ1) is 11.6. The lowest BCUT2D eigenvalue weighted by Crippen LogP contribution is -2.14. The number of nitrogens with zero attached hydrogens (tertiary/aromatic N) is 1. The Kier molecular flexibility index (Phi) is 4.91. The summed E-state index contributed by atoms with van der Waals surface area (Å²) in [5.41, 5.74) is 2.22. The van der Waals surface area contributed by atoms with Crippen molar-refractivity contribution in [1.29, 1.82) is 0 Å². The highest BCUT2D eigenvalue weighted by atomic mass is 32.2. The number of hydrogen-bond donors (Lipinski definition) is 1. The number of aromatic nitrogens is 1. The maximum absolute atomic E-state index is 12.1. The zero-order chi connectivity index (χ0) is 16.9. The van der Waals surface area contributed by atoms with Crippen molar-refractivity contribution in [3.63, 3.8) is 0 Å². The van der Waals surface area contributed by atoms with Crippen molar-refractivity contribution in [2.75, 3.05) is 11.1 Å². The van der Waals surface area contributed by atoms with Crippen molar-refractivity contribution in [2.45, 2.75) is 11.8 Å². The molecule has 0 saturated carbocycles. The van der Waals surface area contributed by atoms with Gasteiger partial charge < -0.3 is 5.32 Å². The van der Waals surface area contributed by atoms with Crippen LogP contribution in [0.1, 0.15) is 17.3 Å². The van der Waals surface area contributed by atoms with Crippen LogP contribution in [0.3, 0.4) is 0 Å². The van der Waals surface area contributed by atoms with Crippen LogP contribution in [-0.4, -0.2) is 22.4 Å². The lowest BCUT2D eigenvalue weighted by molar-refractivity contribution is -0.113. The number of amides is 1. The average Bonchev–Trinajstić information content (AvgIpc) is 2.60. The van der Waals surface area contributed by atoms with Crippen LogP contribution in [0.2, 0.25) is 0 Å². The molecule has 5 heteroatoms. The van der Waals surface area contributed by atoms with Crippen LogP contribution in [0, 0.1) is 0 Å². The van der Waals surface area contributed by atoms with Gasteiger partial charge in [-0.1, -0.05) is 18.2 Å². The van der Waals surface area contributed by atoms with E-state index >= 15 is 0 Å². The lowest BCUT2D eigenvalue weighted by atomic mass is 10.1. The zero-order valence-electron chi connectivity index (χ0n) is 13.2. The summed E-state index contributed by atoms with van der Waals surface area (Å²) in [6.07, 6.45) is 1.75. The summed E-state index contributed by atoms with van der Waals surface area (Å²) < 4.78 is 0. The number of nitrogens with one attached hydrogen (secondary N) is 1. The molecule has 0 saturated heterocycles. The van der Waals surface area contributed by atoms with E-state index in [-0.39, 0.29) is 11.7 Å². The van der Waals surface area contributed by atoms with Gasteiger partial charge in [-0.3, -0.25) is 14.6 Å². The fourth-order valence-corrected chi connectivity index (χ4v) is 3.16. The van der Waals surface area contributed by atoms with Crippen LogP contribution in [0.15, 0.2) is 65.7 Å². The first kappa shape index (κ1) is 16.2. The van der Waals surface area contributed by atoms with Crippen LogP contribution >= 0.6 is 11.8 Å². The molecular formula is C19H16N2O2S. The minimum absolute atomic E-state index is 0.00638. The molecule has 2 aromatic carbocycles. The highest BCUT2D eigenvalue weighted by molar-refractivity contribution is 8.00. The second kappa shape index (κ2) is 7.27. The molecule has 0 spiro atoms. The molecule has 0 aliphatic rings. The normalized spacial score (nSPS) is 10.5. The van der Waals surface area contributed by atoms with E-state index in [1.807, 2.05) is 30.3 Å². The van der Waals surface area contributed by atoms with E-state index in [1.54, 1.807) is 30.5 Å². The monoisotopic (exact) mass is 336 g/mol. The maximum atomic E-state index is 12.1. The van der Waals surface area contributed by atoms with Gasteiger partial charge in [0.15, 0.2) is 5.78 Å². The number of Topliss-reactive ketones (excluding diaryl/α,β-unsaturated/α-hetero) is 1. The Labute approximate surface area is 144 Å². The molecular weight excluding hydrogens is 320 g/mol. The predicted octanol–water partition coefficient (Wildman–Crippen LogP) is 4.17. The van der Waals surface area contributed by atoms with E-state index in [4.69, 9.17) is 0 Å². The third-order valence-corrected chi connectivity index (χ3v) is 4.58. The van der Waals surface area contributed by atoms with Gasteiger partial charge >= 0.3 is 0 Å². The summed E-state index contributed by atoms with van der Waals surface area (Å²) in [7, 11) is 0. The molecule has 1 heterocycles. The largest absolute Gasteiger partial charge is 0.325 e. The predicted molar refractivity (Wildman–Crippen MR) is 97.5 cm³/mol. The second-order valence-corrected chi connectivity index (χ2v) is 6.32. The molecule has 0 aliphatic heterocycles. The minimum atomic E-state index is -0.0940. The van der Waals surface area contributed by atoms with Crippen molar-refractivity contribution in [3.05, 3.63) is 66.4 Å². The fourth-order valence-electron chi connectivity index (χ4n) is 2.32. The first-order valence-corrected chi connectivity index (χ1v) is 8.49. The van der Waals surface area contributed by atoms with Gasteiger partial charge in [0, 0.05) is 27.7 Å². The third-order valence-electron chi connectivity index (χ3n) is 3.53. The molecule has 0 fully saturated rings. The Morgan fingerprint density at radius 2 is 1.79 bits per heavy atom. The van der Waals surface area contributed by atoms with Crippen LogP contribution < -0.4 is 5.32 Å². The second-order valence-electron chi connectivity index (χ2n) is 5.30. The summed E-state index contributed by atoms with van der Waals surface area (Å²) in [6.45, 7) is 1.52. The summed E-state index contributed by atoms with van der Waals surface area (Å²) in [5.74, 6) is 0.208. The van der Waals surface area contributed by atoms with Gasteiger partial charge in [0.25, 0.3) is 0 Å². The van der Waals surface area contributed by atoms with Crippen molar-refractivity contribution in [3.8, 4) is 0 Å². The van der Waals surface area contributed by atoms with Gasteiger partial charge in [-0.2, -0.15) is 0 Å². The van der Waals surface area contributed by atoms with Gasteiger partial charge in [0.1, 0.15) is 0 Å². The molecule has 3 rings (SSSR count). The number of thioether (sulfide) groups is 1. The summed E-state index contributed by atoms with van der Waals surface area (Å²) in [4.78, 5) is 28.7. The van der Waals surface area contributed by atoms with Gasteiger partial charge in [-0.25, -0.2) is 0 Å². The lowest BCUT2D eigenvalue weighted by Gasteiger charge is -2.07. The SMILES string of the molecule is CC(=O)c1ccc(NC(=O)CSc2cccc3cccnc23)cc1. The van der Waals surface area contributed by atoms with E-state index in [0.717, 1.165) is 15.8 Å². The first-order valence-electron chi connectivity index (χ1n) is 7.51. The molecule has 1 N–H and O–H groups in total. The standard InChI is InChI=1S/C19H16N2O2S/c1-13(22)14-7-9-16(10-8-14)21-18(23)12-24-17-6-2-4-15-5-3-11-20-19(15)17/h2-11H,12H2,1H3,(H,21,23). The van der Waals surface area contributed by atoms with Crippen LogP contribution in [-0.2, 0) is 4.79 Å². The Balaban J connectivity index is 1.64. The molecule has 0 bridgehead atoms. The molecule has 0 radical (unpaired) electrons. The van der Waals surface area contributed by atoms with Gasteiger partial charge in [0.2, 0.25) is 5.91 Å². The number of hydrogen-bond acceptors (Lipinski definition) is 4. The third kappa shape index (κ3) is 3.81. The van der Waals surface area contributed by atoms with E-state index in [1.165, 1.54) is 18.7 Å². The number of benzene rings is 2. The zero-order valence-corrected chi connectivity index (χ0v) is 14.0. The van der Waals surface area contributed by atoms with Crippen LogP contribution in [0.25, 0.3) is 10.9 Å². The Hall–Kier alpha value is -2.66. The number of fused-ring (bicyclic) bond motifs is 1. The minimum Gasteiger partial charge on any atom is -0.325 e. The van der Waals surface area contributed by atoms with E-state index < -0.39 is 0 Å². The maximum Gasteiger partial charge on any atom is 0.234 e. The molecule has 4 nitrogen and oxygen atoms in total. The number of carbonyl (C=O) groups is 2. The number of rotatable bonds is 5. The molecule has 0 atom stereocenters. The molecule has 24 heavy (non-hydrogen) atoms.